The molecular formula is C45H28O. The number of benzene rings is 8. The number of hydrogen-bond acceptors (Lipinski definition) is 1. The molecule has 1 aliphatic heterocycles. The van der Waals surface area contributed by atoms with E-state index in [9.17, 15) is 0 Å². The van der Waals surface area contributed by atoms with E-state index in [0.29, 0.717) is 0 Å². The summed E-state index contributed by atoms with van der Waals surface area (Å²) in [5, 5.41) is 4.91. The van der Waals surface area contributed by atoms with Crippen molar-refractivity contribution in [2.45, 2.75) is 5.41 Å². The first kappa shape index (κ1) is 25.4. The second-order valence-corrected chi connectivity index (χ2v) is 12.4. The molecule has 0 aromatic heterocycles. The molecule has 0 amide bonds. The van der Waals surface area contributed by atoms with Crippen LogP contribution in [0.25, 0.3) is 54.9 Å². The molecule has 2 aliphatic rings. The summed E-state index contributed by atoms with van der Waals surface area (Å²) >= 11 is 0. The molecule has 0 N–H and O–H groups in total. The van der Waals surface area contributed by atoms with Gasteiger partial charge in [-0.1, -0.05) is 152 Å². The van der Waals surface area contributed by atoms with Crippen LogP contribution in [0.1, 0.15) is 22.3 Å². The van der Waals surface area contributed by atoms with Crippen molar-refractivity contribution in [3.8, 4) is 44.9 Å². The van der Waals surface area contributed by atoms with Crippen molar-refractivity contribution < 1.29 is 4.74 Å². The molecule has 0 fully saturated rings. The highest BCUT2D eigenvalue weighted by Gasteiger charge is 2.47. The van der Waals surface area contributed by atoms with Crippen LogP contribution in [0.5, 0.6) is 11.5 Å². The summed E-state index contributed by atoms with van der Waals surface area (Å²) in [5.41, 5.74) is 12.0. The zero-order chi connectivity index (χ0) is 30.2. The number of ether oxygens (including phenoxy) is 1. The molecule has 8 aromatic carbocycles. The quantitative estimate of drug-likeness (QED) is 0.201. The van der Waals surface area contributed by atoms with E-state index in [1.807, 2.05) is 0 Å². The van der Waals surface area contributed by atoms with Gasteiger partial charge in [0.1, 0.15) is 11.5 Å². The Balaban J connectivity index is 1.31. The summed E-state index contributed by atoms with van der Waals surface area (Å²) in [6.07, 6.45) is 0. The molecule has 0 saturated carbocycles. The minimum Gasteiger partial charge on any atom is -0.456 e. The van der Waals surface area contributed by atoms with E-state index >= 15 is 0 Å². The van der Waals surface area contributed by atoms with Gasteiger partial charge < -0.3 is 4.74 Å². The van der Waals surface area contributed by atoms with Crippen LogP contribution in [0.4, 0.5) is 0 Å². The Morgan fingerprint density at radius 2 is 1.04 bits per heavy atom. The minimum atomic E-state index is -0.498. The Morgan fingerprint density at radius 3 is 1.85 bits per heavy atom. The largest absolute Gasteiger partial charge is 0.456 e. The lowest BCUT2D eigenvalue weighted by atomic mass is 9.66. The van der Waals surface area contributed by atoms with Gasteiger partial charge in [0.25, 0.3) is 0 Å². The standard InChI is InChI=1S/C45H28O/c1-3-15-32(16-4-1)45(33-17-5-2-6-18-33)39-28-31(25-26-36(39)37-27-24-29-12-7-8-19-35(29)44(37)45)34-20-11-23-41-43(34)38-21-9-13-30-14-10-22-40(46-41)42(30)38/h1-28H. The van der Waals surface area contributed by atoms with E-state index in [2.05, 4.69) is 170 Å². The van der Waals surface area contributed by atoms with Gasteiger partial charge in [-0.2, -0.15) is 0 Å². The summed E-state index contributed by atoms with van der Waals surface area (Å²) in [6.45, 7) is 0. The maximum absolute atomic E-state index is 6.58. The van der Waals surface area contributed by atoms with E-state index in [1.54, 1.807) is 0 Å². The Morgan fingerprint density at radius 1 is 0.413 bits per heavy atom. The highest BCUT2D eigenvalue weighted by Crippen LogP contribution is 2.59. The molecule has 0 saturated heterocycles. The highest BCUT2D eigenvalue weighted by molar-refractivity contribution is 6.08. The van der Waals surface area contributed by atoms with E-state index in [1.165, 1.54) is 71.6 Å². The fourth-order valence-corrected chi connectivity index (χ4v) is 8.29. The molecule has 8 aromatic rings. The fraction of sp³-hybridized carbons (Fsp3) is 0.0222. The van der Waals surface area contributed by atoms with Crippen molar-refractivity contribution in [1.29, 1.82) is 0 Å². The van der Waals surface area contributed by atoms with Crippen molar-refractivity contribution in [2.75, 3.05) is 0 Å². The van der Waals surface area contributed by atoms with Crippen molar-refractivity contribution in [1.82, 2.24) is 0 Å². The maximum atomic E-state index is 6.58. The van der Waals surface area contributed by atoms with Crippen molar-refractivity contribution >= 4 is 21.5 Å². The predicted octanol–water partition coefficient (Wildman–Crippen LogP) is 11.8. The van der Waals surface area contributed by atoms with Crippen LogP contribution in [0, 0.1) is 0 Å². The van der Waals surface area contributed by atoms with Crippen LogP contribution >= 0.6 is 0 Å². The summed E-state index contributed by atoms with van der Waals surface area (Å²) in [6, 6.07) is 62.1. The molecule has 1 aliphatic carbocycles. The summed E-state index contributed by atoms with van der Waals surface area (Å²) < 4.78 is 6.58. The Bertz CT molecular complexity index is 2450. The fourth-order valence-electron chi connectivity index (χ4n) is 8.29. The Hall–Kier alpha value is -5.92. The molecule has 1 heteroatoms. The highest BCUT2D eigenvalue weighted by atomic mass is 16.5. The zero-order valence-electron chi connectivity index (χ0n) is 25.1. The topological polar surface area (TPSA) is 9.23 Å². The molecule has 0 radical (unpaired) electrons. The lowest BCUT2D eigenvalue weighted by Gasteiger charge is -2.35. The van der Waals surface area contributed by atoms with Crippen molar-refractivity contribution in [3.05, 3.63) is 192 Å². The maximum Gasteiger partial charge on any atom is 0.135 e. The number of fused-ring (bicyclic) bond motifs is 7. The van der Waals surface area contributed by atoms with Gasteiger partial charge in [-0.05, 0) is 84.4 Å². The van der Waals surface area contributed by atoms with Crippen LogP contribution in [0.15, 0.2) is 170 Å². The molecule has 214 valence electrons. The Kier molecular flexibility index (Phi) is 5.27. The van der Waals surface area contributed by atoms with Gasteiger partial charge in [0.2, 0.25) is 0 Å². The molecule has 10 rings (SSSR count). The van der Waals surface area contributed by atoms with Gasteiger partial charge in [0, 0.05) is 10.9 Å². The molecule has 0 atom stereocenters. The van der Waals surface area contributed by atoms with E-state index < -0.39 is 5.41 Å². The third kappa shape index (κ3) is 3.35. The minimum absolute atomic E-state index is 0.498. The third-order valence-corrected chi connectivity index (χ3v) is 10.1. The summed E-state index contributed by atoms with van der Waals surface area (Å²) in [4.78, 5) is 0. The van der Waals surface area contributed by atoms with Gasteiger partial charge in [-0.3, -0.25) is 0 Å². The van der Waals surface area contributed by atoms with Crippen molar-refractivity contribution in [3.63, 3.8) is 0 Å². The zero-order valence-corrected chi connectivity index (χ0v) is 25.1. The third-order valence-electron chi connectivity index (χ3n) is 10.1. The molecule has 1 heterocycles. The van der Waals surface area contributed by atoms with Gasteiger partial charge in [0.15, 0.2) is 0 Å². The average Bonchev–Trinajstić information content (AvgIpc) is 3.43. The molecular weight excluding hydrogens is 556 g/mol. The first-order chi connectivity index (χ1) is 22.8. The van der Waals surface area contributed by atoms with E-state index in [-0.39, 0.29) is 0 Å². The molecule has 46 heavy (non-hydrogen) atoms. The van der Waals surface area contributed by atoms with Crippen LogP contribution in [0.3, 0.4) is 0 Å². The molecule has 0 spiro atoms. The lowest BCUT2D eigenvalue weighted by molar-refractivity contribution is 0.487. The van der Waals surface area contributed by atoms with E-state index in [4.69, 9.17) is 4.74 Å². The van der Waals surface area contributed by atoms with Crippen LogP contribution in [-0.4, -0.2) is 0 Å². The van der Waals surface area contributed by atoms with Gasteiger partial charge in [-0.25, -0.2) is 0 Å². The molecule has 0 unspecified atom stereocenters. The van der Waals surface area contributed by atoms with E-state index in [0.717, 1.165) is 17.1 Å². The lowest BCUT2D eigenvalue weighted by Crippen LogP contribution is -2.28. The Labute approximate surface area is 268 Å². The van der Waals surface area contributed by atoms with Gasteiger partial charge in [0.05, 0.1) is 5.41 Å². The average molecular weight is 585 g/mol. The van der Waals surface area contributed by atoms with Crippen LogP contribution in [-0.2, 0) is 5.41 Å². The smallest absolute Gasteiger partial charge is 0.135 e. The molecule has 1 nitrogen and oxygen atoms in total. The van der Waals surface area contributed by atoms with Crippen LogP contribution in [0.2, 0.25) is 0 Å². The second kappa shape index (κ2) is 9.54. The van der Waals surface area contributed by atoms with Crippen molar-refractivity contribution in [2.24, 2.45) is 0 Å². The normalized spacial score (nSPS) is 13.6. The summed E-state index contributed by atoms with van der Waals surface area (Å²) in [7, 11) is 0. The second-order valence-electron chi connectivity index (χ2n) is 12.4. The monoisotopic (exact) mass is 584 g/mol. The van der Waals surface area contributed by atoms with Gasteiger partial charge in [-0.15, -0.1) is 0 Å². The summed E-state index contributed by atoms with van der Waals surface area (Å²) in [5.74, 6) is 1.82. The first-order valence-electron chi connectivity index (χ1n) is 15.9. The molecule has 0 bridgehead atoms. The predicted molar refractivity (Wildman–Crippen MR) is 190 cm³/mol. The number of rotatable bonds is 3. The first-order valence-corrected chi connectivity index (χ1v) is 15.9. The number of hydrogen-bond donors (Lipinski definition) is 0. The SMILES string of the molecule is c1ccc(C2(c3ccccc3)c3cc(-c4cccc5c4-c4cccc6cccc(c46)O5)ccc3-c3ccc4ccccc4c32)cc1. The van der Waals surface area contributed by atoms with Gasteiger partial charge >= 0.3 is 0 Å². The van der Waals surface area contributed by atoms with Crippen LogP contribution < -0.4 is 4.74 Å².